The van der Waals surface area contributed by atoms with Crippen molar-refractivity contribution in [1.29, 1.82) is 0 Å². The Hall–Kier alpha value is -1.82. The van der Waals surface area contributed by atoms with E-state index >= 15 is 0 Å². The van der Waals surface area contributed by atoms with Crippen molar-refractivity contribution in [3.05, 3.63) is 23.8 Å². The summed E-state index contributed by atoms with van der Waals surface area (Å²) in [5.41, 5.74) is -5.90. The summed E-state index contributed by atoms with van der Waals surface area (Å²) in [6.45, 7) is 2.32. The lowest BCUT2D eigenvalue weighted by Crippen LogP contribution is -2.34. The lowest BCUT2D eigenvalue weighted by molar-refractivity contribution is -0.115. The summed E-state index contributed by atoms with van der Waals surface area (Å²) < 4.78 is 84.0. The van der Waals surface area contributed by atoms with Gasteiger partial charge in [-0.15, -0.1) is 0 Å². The van der Waals surface area contributed by atoms with E-state index in [1.165, 1.54) is 11.6 Å². The van der Waals surface area contributed by atoms with E-state index in [9.17, 15) is 34.8 Å². The quantitative estimate of drug-likeness (QED) is 0.862. The Balaban J connectivity index is 3.30. The molecule has 0 heterocycles. The Labute approximate surface area is 131 Å². The highest BCUT2D eigenvalue weighted by Gasteiger charge is 2.46. The fraction of sp³-hybridized carbons (Fsp3) is 0.364. The molecule has 1 N–H and O–H groups in total. The number of benzene rings is 1. The topological polar surface area (TPSA) is 101 Å². The SMILES string of the molecule is CC(=O)N(c1ccc(NS(=O)(=O)C(F)(F)F)cc1C)S(C)(=O)=O. The third-order valence-electron chi connectivity index (χ3n) is 2.59. The smallest absolute Gasteiger partial charge is 0.276 e. The van der Waals surface area contributed by atoms with Crippen molar-refractivity contribution in [1.82, 2.24) is 0 Å². The number of anilines is 2. The van der Waals surface area contributed by atoms with Gasteiger partial charge in [-0.1, -0.05) is 0 Å². The van der Waals surface area contributed by atoms with Crippen molar-refractivity contribution in [3.63, 3.8) is 0 Å². The minimum atomic E-state index is -5.59. The zero-order valence-electron chi connectivity index (χ0n) is 12.2. The summed E-state index contributed by atoms with van der Waals surface area (Å²) in [5.74, 6) is -0.820. The largest absolute Gasteiger partial charge is 0.516 e. The number of halogens is 3. The van der Waals surface area contributed by atoms with E-state index in [0.29, 0.717) is 4.31 Å². The van der Waals surface area contributed by atoms with Gasteiger partial charge in [0.05, 0.1) is 11.9 Å². The number of amides is 1. The van der Waals surface area contributed by atoms with Crippen molar-refractivity contribution in [2.75, 3.05) is 15.3 Å². The molecule has 0 bridgehead atoms. The Morgan fingerprint density at radius 2 is 1.70 bits per heavy atom. The van der Waals surface area contributed by atoms with Crippen LogP contribution in [-0.4, -0.2) is 34.5 Å². The van der Waals surface area contributed by atoms with Crippen LogP contribution in [0.2, 0.25) is 0 Å². The number of nitrogens with one attached hydrogen (secondary N) is 1. The Kier molecular flexibility index (Phi) is 5.01. The highest BCUT2D eigenvalue weighted by molar-refractivity contribution is 7.93. The number of aryl methyl sites for hydroxylation is 1. The molecule has 12 heteroatoms. The Bertz CT molecular complexity index is 832. The molecular weight excluding hydrogens is 361 g/mol. The molecule has 1 rings (SSSR count). The van der Waals surface area contributed by atoms with E-state index in [4.69, 9.17) is 0 Å². The van der Waals surface area contributed by atoms with Gasteiger partial charge in [0.1, 0.15) is 0 Å². The van der Waals surface area contributed by atoms with Crippen LogP contribution >= 0.6 is 0 Å². The van der Waals surface area contributed by atoms with Gasteiger partial charge in [-0.05, 0) is 30.7 Å². The third-order valence-corrected chi connectivity index (χ3v) is 4.82. The summed E-state index contributed by atoms with van der Waals surface area (Å²) in [6.07, 6.45) is 0.786. The molecule has 23 heavy (non-hydrogen) atoms. The highest BCUT2D eigenvalue weighted by Crippen LogP contribution is 2.29. The molecule has 0 saturated carbocycles. The van der Waals surface area contributed by atoms with E-state index in [0.717, 1.165) is 31.4 Å². The maximum absolute atomic E-state index is 12.3. The first-order valence-corrected chi connectivity index (χ1v) is 9.20. The van der Waals surface area contributed by atoms with Gasteiger partial charge in [-0.25, -0.2) is 12.7 Å². The van der Waals surface area contributed by atoms with Crippen LogP contribution in [0.3, 0.4) is 0 Å². The summed E-state index contributed by atoms with van der Waals surface area (Å²) in [4.78, 5) is 11.5. The lowest BCUT2D eigenvalue weighted by atomic mass is 10.2. The van der Waals surface area contributed by atoms with Gasteiger partial charge in [-0.3, -0.25) is 9.52 Å². The van der Waals surface area contributed by atoms with E-state index in [1.54, 1.807) is 0 Å². The highest BCUT2D eigenvalue weighted by atomic mass is 32.2. The van der Waals surface area contributed by atoms with Crippen molar-refractivity contribution in [3.8, 4) is 0 Å². The maximum Gasteiger partial charge on any atom is 0.516 e. The van der Waals surface area contributed by atoms with Gasteiger partial charge in [0.25, 0.3) is 0 Å². The number of alkyl halides is 3. The van der Waals surface area contributed by atoms with Gasteiger partial charge >= 0.3 is 15.5 Å². The fourth-order valence-electron chi connectivity index (χ4n) is 1.74. The standard InChI is InChI=1S/C11H13F3N2O5S2/c1-7-6-9(15-23(20,21)11(12,13)14)4-5-10(7)16(8(2)17)22(3,18)19/h4-6,15H,1-3H3. The van der Waals surface area contributed by atoms with Gasteiger partial charge in [0.15, 0.2) is 0 Å². The van der Waals surface area contributed by atoms with Gasteiger partial charge in [0, 0.05) is 12.6 Å². The van der Waals surface area contributed by atoms with Crippen LogP contribution in [0.4, 0.5) is 24.5 Å². The first-order chi connectivity index (χ1) is 10.2. The molecule has 0 aromatic heterocycles. The second-order valence-corrected chi connectivity index (χ2v) is 8.10. The summed E-state index contributed by atoms with van der Waals surface area (Å²) in [6, 6.07) is 2.94. The number of rotatable bonds is 4. The van der Waals surface area contributed by atoms with Crippen LogP contribution in [0, 0.1) is 6.92 Å². The molecule has 0 aliphatic rings. The average molecular weight is 374 g/mol. The molecule has 0 aliphatic carbocycles. The van der Waals surface area contributed by atoms with Crippen LogP contribution < -0.4 is 9.03 Å². The second-order valence-electron chi connectivity index (χ2n) is 4.60. The molecule has 1 aromatic rings. The minimum Gasteiger partial charge on any atom is -0.276 e. The van der Waals surface area contributed by atoms with Crippen molar-refractivity contribution in [2.24, 2.45) is 0 Å². The van der Waals surface area contributed by atoms with E-state index in [2.05, 4.69) is 0 Å². The number of sulfonamides is 2. The van der Waals surface area contributed by atoms with Crippen LogP contribution in [0.25, 0.3) is 0 Å². The van der Waals surface area contributed by atoms with E-state index in [1.807, 2.05) is 0 Å². The number of hydrogen-bond donors (Lipinski definition) is 1. The Morgan fingerprint density at radius 1 is 1.17 bits per heavy atom. The van der Waals surface area contributed by atoms with Crippen molar-refractivity contribution >= 4 is 37.3 Å². The van der Waals surface area contributed by atoms with Crippen LogP contribution in [0.5, 0.6) is 0 Å². The average Bonchev–Trinajstić information content (AvgIpc) is 2.28. The molecule has 0 fully saturated rings. The number of carbonyl (C=O) groups excluding carboxylic acids is 1. The zero-order valence-corrected chi connectivity index (χ0v) is 13.8. The molecular formula is C11H13F3N2O5S2. The molecule has 0 spiro atoms. The monoisotopic (exact) mass is 374 g/mol. The molecule has 0 unspecified atom stereocenters. The van der Waals surface area contributed by atoms with Gasteiger partial charge in [-0.2, -0.15) is 21.6 Å². The summed E-state index contributed by atoms with van der Waals surface area (Å²) >= 11 is 0. The molecule has 0 aliphatic heterocycles. The number of hydrogen-bond acceptors (Lipinski definition) is 5. The van der Waals surface area contributed by atoms with Crippen LogP contribution in [0.1, 0.15) is 12.5 Å². The van der Waals surface area contributed by atoms with Gasteiger partial charge in [0.2, 0.25) is 15.9 Å². The van der Waals surface area contributed by atoms with Crippen molar-refractivity contribution < 1.29 is 34.8 Å². The molecule has 130 valence electrons. The molecule has 0 saturated heterocycles. The van der Waals surface area contributed by atoms with E-state index in [-0.39, 0.29) is 11.3 Å². The predicted molar refractivity (Wildman–Crippen MR) is 77.8 cm³/mol. The first-order valence-electron chi connectivity index (χ1n) is 5.87. The normalized spacial score (nSPS) is 12.8. The first kappa shape index (κ1) is 19.2. The summed E-state index contributed by atoms with van der Waals surface area (Å²) in [7, 11) is -9.54. The fourth-order valence-corrected chi connectivity index (χ4v) is 3.32. The molecule has 0 radical (unpaired) electrons. The number of carbonyl (C=O) groups is 1. The van der Waals surface area contributed by atoms with Crippen molar-refractivity contribution in [2.45, 2.75) is 19.4 Å². The minimum absolute atomic E-state index is 0.0880. The molecule has 1 aromatic carbocycles. The molecule has 0 atom stereocenters. The molecule has 7 nitrogen and oxygen atoms in total. The maximum atomic E-state index is 12.3. The van der Waals surface area contributed by atoms with E-state index < -0.39 is 37.1 Å². The van der Waals surface area contributed by atoms with Crippen LogP contribution in [-0.2, 0) is 24.8 Å². The lowest BCUT2D eigenvalue weighted by Gasteiger charge is -2.21. The second kappa shape index (κ2) is 6.00. The third kappa shape index (κ3) is 4.34. The predicted octanol–water partition coefficient (Wildman–Crippen LogP) is 1.57. The Morgan fingerprint density at radius 3 is 2.04 bits per heavy atom. The zero-order chi connectivity index (χ0) is 18.2. The number of nitrogens with zero attached hydrogens (tertiary/aromatic N) is 1. The van der Waals surface area contributed by atoms with Gasteiger partial charge < -0.3 is 0 Å². The van der Waals surface area contributed by atoms with Crippen LogP contribution in [0.15, 0.2) is 18.2 Å². The summed E-state index contributed by atoms with van der Waals surface area (Å²) in [5, 5.41) is 0. The molecule has 1 amide bonds.